The van der Waals surface area contributed by atoms with E-state index in [-0.39, 0.29) is 11.5 Å². The number of nitrogens with zero attached hydrogens (tertiary/aromatic N) is 3. The predicted molar refractivity (Wildman–Crippen MR) is 120 cm³/mol. The number of aryl methyl sites for hydroxylation is 1. The largest absolute Gasteiger partial charge is 0.378 e. The lowest BCUT2D eigenvalue weighted by atomic mass is 9.96. The second kappa shape index (κ2) is 8.00. The average Bonchev–Trinajstić information content (AvgIpc) is 3.48. The summed E-state index contributed by atoms with van der Waals surface area (Å²) in [6.45, 7) is 6.57. The number of aromatic amines is 1. The summed E-state index contributed by atoms with van der Waals surface area (Å²) in [6.07, 6.45) is 10.7. The van der Waals surface area contributed by atoms with Crippen molar-refractivity contribution in [1.29, 1.82) is 0 Å². The molecule has 3 aromatic rings. The van der Waals surface area contributed by atoms with E-state index in [1.54, 1.807) is 10.9 Å². The van der Waals surface area contributed by atoms with Crippen LogP contribution in [-0.4, -0.2) is 51.6 Å². The van der Waals surface area contributed by atoms with Crippen LogP contribution in [0.25, 0.3) is 28.2 Å². The SMILES string of the molecule is C=CCCn1cc(-c2cc(C(=O)N3CCOCC3)c3nc[nH]c3c2)c2c(c1=O)CC=C2. The Kier molecular flexibility index (Phi) is 5.03. The number of rotatable bonds is 5. The molecule has 158 valence electrons. The summed E-state index contributed by atoms with van der Waals surface area (Å²) in [5.41, 5.74) is 5.63. The van der Waals surface area contributed by atoms with Gasteiger partial charge in [0, 0.05) is 37.0 Å². The van der Waals surface area contributed by atoms with E-state index in [1.807, 2.05) is 41.5 Å². The van der Waals surface area contributed by atoms with Crippen molar-refractivity contribution in [1.82, 2.24) is 19.4 Å². The normalized spacial score (nSPS) is 15.4. The molecule has 0 bridgehead atoms. The third kappa shape index (κ3) is 3.41. The summed E-state index contributed by atoms with van der Waals surface area (Å²) in [4.78, 5) is 35.6. The number of imidazole rings is 1. The fraction of sp³-hybridized carbons (Fsp3) is 0.292. The first-order valence-corrected chi connectivity index (χ1v) is 10.6. The van der Waals surface area contributed by atoms with E-state index in [0.717, 1.165) is 27.8 Å². The van der Waals surface area contributed by atoms with Crippen molar-refractivity contribution in [2.24, 2.45) is 0 Å². The third-order valence-corrected chi connectivity index (χ3v) is 5.96. The highest BCUT2D eigenvalue weighted by Gasteiger charge is 2.24. The second-order valence-electron chi connectivity index (χ2n) is 7.84. The highest BCUT2D eigenvalue weighted by Crippen LogP contribution is 2.33. The lowest BCUT2D eigenvalue weighted by Crippen LogP contribution is -2.40. The third-order valence-electron chi connectivity index (χ3n) is 5.96. The van der Waals surface area contributed by atoms with Crippen LogP contribution in [0.5, 0.6) is 0 Å². The number of ether oxygens (including phenoxy) is 1. The van der Waals surface area contributed by atoms with Gasteiger partial charge in [-0.3, -0.25) is 9.59 Å². The van der Waals surface area contributed by atoms with Crippen molar-refractivity contribution >= 4 is 23.0 Å². The average molecular weight is 416 g/mol. The number of pyridine rings is 1. The van der Waals surface area contributed by atoms with Crippen LogP contribution in [0, 0.1) is 0 Å². The molecule has 7 nitrogen and oxygen atoms in total. The Morgan fingerprint density at radius 3 is 2.94 bits per heavy atom. The molecule has 0 atom stereocenters. The maximum atomic E-state index is 13.3. The number of carbonyl (C=O) groups is 1. The van der Waals surface area contributed by atoms with E-state index in [2.05, 4.69) is 16.5 Å². The van der Waals surface area contributed by atoms with Crippen molar-refractivity contribution in [3.8, 4) is 11.1 Å². The number of fused-ring (bicyclic) bond motifs is 2. The number of carbonyl (C=O) groups excluding carboxylic acids is 1. The van der Waals surface area contributed by atoms with Crippen molar-refractivity contribution in [2.75, 3.05) is 26.3 Å². The number of allylic oxidation sites excluding steroid dienone is 2. The molecule has 3 heterocycles. The second-order valence-corrected chi connectivity index (χ2v) is 7.84. The van der Waals surface area contributed by atoms with Gasteiger partial charge >= 0.3 is 0 Å². The molecule has 0 saturated carbocycles. The molecule has 1 saturated heterocycles. The summed E-state index contributed by atoms with van der Waals surface area (Å²) in [6, 6.07) is 3.91. The zero-order chi connectivity index (χ0) is 21.4. The first-order chi connectivity index (χ1) is 15.2. The molecule has 7 heteroatoms. The molecule has 0 spiro atoms. The van der Waals surface area contributed by atoms with Crippen molar-refractivity contribution < 1.29 is 9.53 Å². The van der Waals surface area contributed by atoms with E-state index >= 15 is 0 Å². The van der Waals surface area contributed by atoms with Crippen LogP contribution in [-0.2, 0) is 17.7 Å². The summed E-state index contributed by atoms with van der Waals surface area (Å²) < 4.78 is 7.15. The molecule has 5 rings (SSSR count). The maximum absolute atomic E-state index is 13.3. The maximum Gasteiger partial charge on any atom is 0.256 e. The van der Waals surface area contributed by atoms with Crippen LogP contribution >= 0.6 is 0 Å². The van der Waals surface area contributed by atoms with Crippen LogP contribution in [0.3, 0.4) is 0 Å². The number of H-pyrrole nitrogens is 1. The number of hydrogen-bond acceptors (Lipinski definition) is 4. The molecular weight excluding hydrogens is 392 g/mol. The Morgan fingerprint density at radius 2 is 2.13 bits per heavy atom. The topological polar surface area (TPSA) is 80.2 Å². The number of amides is 1. The first-order valence-electron chi connectivity index (χ1n) is 10.6. The molecule has 1 fully saturated rings. The van der Waals surface area contributed by atoms with E-state index in [9.17, 15) is 9.59 Å². The van der Waals surface area contributed by atoms with Crippen LogP contribution in [0.2, 0.25) is 0 Å². The Hall–Kier alpha value is -3.45. The molecule has 0 radical (unpaired) electrons. The van der Waals surface area contributed by atoms with Crippen molar-refractivity contribution in [2.45, 2.75) is 19.4 Å². The molecule has 0 unspecified atom stereocenters. The van der Waals surface area contributed by atoms with E-state index in [0.29, 0.717) is 56.8 Å². The summed E-state index contributed by atoms with van der Waals surface area (Å²) in [5, 5.41) is 0. The number of nitrogens with one attached hydrogen (secondary N) is 1. The fourth-order valence-corrected chi connectivity index (χ4v) is 4.35. The van der Waals surface area contributed by atoms with Gasteiger partial charge in [-0.2, -0.15) is 0 Å². The van der Waals surface area contributed by atoms with E-state index in [1.165, 1.54) is 0 Å². The van der Waals surface area contributed by atoms with Crippen LogP contribution < -0.4 is 5.56 Å². The van der Waals surface area contributed by atoms with Gasteiger partial charge < -0.3 is 19.2 Å². The molecule has 1 aliphatic carbocycles. The number of hydrogen-bond donors (Lipinski definition) is 1. The minimum absolute atomic E-state index is 0.0397. The quantitative estimate of drug-likeness (QED) is 0.649. The van der Waals surface area contributed by atoms with Gasteiger partial charge in [0.1, 0.15) is 5.52 Å². The Morgan fingerprint density at radius 1 is 1.29 bits per heavy atom. The zero-order valence-electron chi connectivity index (χ0n) is 17.3. The van der Waals surface area contributed by atoms with Gasteiger partial charge in [0.05, 0.1) is 30.6 Å². The Labute approximate surface area is 179 Å². The minimum atomic E-state index is -0.0468. The Bertz CT molecular complexity index is 1260. The summed E-state index contributed by atoms with van der Waals surface area (Å²) in [5.74, 6) is -0.0468. The molecule has 1 aromatic carbocycles. The fourth-order valence-electron chi connectivity index (χ4n) is 4.35. The summed E-state index contributed by atoms with van der Waals surface area (Å²) in [7, 11) is 0. The molecule has 2 aromatic heterocycles. The van der Waals surface area contributed by atoms with Gasteiger partial charge in [-0.1, -0.05) is 18.2 Å². The van der Waals surface area contributed by atoms with Crippen LogP contribution in [0.4, 0.5) is 0 Å². The van der Waals surface area contributed by atoms with Gasteiger partial charge in [0.2, 0.25) is 0 Å². The zero-order valence-corrected chi connectivity index (χ0v) is 17.3. The van der Waals surface area contributed by atoms with Crippen LogP contribution in [0.1, 0.15) is 27.9 Å². The number of benzene rings is 1. The van der Waals surface area contributed by atoms with Gasteiger partial charge in [-0.05, 0) is 36.1 Å². The number of aromatic nitrogens is 3. The Balaban J connectivity index is 1.67. The lowest BCUT2D eigenvalue weighted by molar-refractivity contribution is 0.0304. The number of morpholine rings is 1. The van der Waals surface area contributed by atoms with Gasteiger partial charge in [-0.25, -0.2) is 4.98 Å². The first kappa shape index (κ1) is 19.5. The molecule has 2 aliphatic rings. The predicted octanol–water partition coefficient (Wildman–Crippen LogP) is 3.01. The highest BCUT2D eigenvalue weighted by molar-refractivity contribution is 6.06. The van der Waals surface area contributed by atoms with Crippen LogP contribution in [0.15, 0.2) is 48.2 Å². The van der Waals surface area contributed by atoms with Gasteiger partial charge in [0.15, 0.2) is 0 Å². The monoisotopic (exact) mass is 416 g/mol. The van der Waals surface area contributed by atoms with Crippen molar-refractivity contribution in [3.05, 3.63) is 70.4 Å². The lowest BCUT2D eigenvalue weighted by Gasteiger charge is -2.27. The molecule has 1 amide bonds. The highest BCUT2D eigenvalue weighted by atomic mass is 16.5. The van der Waals surface area contributed by atoms with Crippen molar-refractivity contribution in [3.63, 3.8) is 0 Å². The molecule has 31 heavy (non-hydrogen) atoms. The van der Waals surface area contributed by atoms with Gasteiger partial charge in [-0.15, -0.1) is 6.58 Å². The minimum Gasteiger partial charge on any atom is -0.378 e. The van der Waals surface area contributed by atoms with Gasteiger partial charge in [0.25, 0.3) is 11.5 Å². The molecular formula is C24H24N4O3. The smallest absolute Gasteiger partial charge is 0.256 e. The summed E-state index contributed by atoms with van der Waals surface area (Å²) >= 11 is 0. The van der Waals surface area contributed by atoms with E-state index in [4.69, 9.17) is 4.74 Å². The molecule has 1 aliphatic heterocycles. The molecule has 1 N–H and O–H groups in total. The standard InChI is InChI=1S/C24H24N4O3/c1-2-3-7-28-14-20(17-5-4-6-18(17)23(28)29)16-12-19(22-21(13-16)25-15-26-22)24(30)27-8-10-31-11-9-27/h2,4-5,12-15H,1,3,6-11H2,(H,25,26). The van der Waals surface area contributed by atoms with E-state index < -0.39 is 0 Å².